The van der Waals surface area contributed by atoms with E-state index in [2.05, 4.69) is 10.5 Å². The second-order valence-corrected chi connectivity index (χ2v) is 3.05. The zero-order chi connectivity index (χ0) is 10.6. The number of nitrogens with zero attached hydrogens (tertiary/aromatic N) is 1. The van der Waals surface area contributed by atoms with Crippen molar-refractivity contribution < 1.29 is 10.0 Å². The Morgan fingerprint density at radius 2 is 2.36 bits per heavy atom. The van der Waals surface area contributed by atoms with Gasteiger partial charge < -0.3 is 10.5 Å². The quantitative estimate of drug-likeness (QED) is 0.448. The molecule has 0 radical (unpaired) electrons. The molecule has 4 nitrogen and oxygen atoms in total. The van der Waals surface area contributed by atoms with Crippen molar-refractivity contribution in [2.24, 2.45) is 5.16 Å². The lowest BCUT2D eigenvalue weighted by Gasteiger charge is -2.06. The summed E-state index contributed by atoms with van der Waals surface area (Å²) < 4.78 is 0. The fraction of sp³-hybridized carbons (Fsp3) is 0.111. The highest BCUT2D eigenvalue weighted by Gasteiger charge is 2.04. The van der Waals surface area contributed by atoms with Gasteiger partial charge in [0.05, 0.1) is 0 Å². The summed E-state index contributed by atoms with van der Waals surface area (Å²) in [6, 6.07) is 5.16. The van der Waals surface area contributed by atoms with E-state index in [1.54, 1.807) is 25.1 Å². The maximum Gasteiger partial charge on any atom is 0.270 e. The molecule has 0 saturated heterocycles. The Morgan fingerprint density at radius 3 is 3.00 bits per heavy atom. The molecule has 0 aliphatic carbocycles. The van der Waals surface area contributed by atoms with Crippen LogP contribution in [-0.4, -0.2) is 17.3 Å². The highest BCUT2D eigenvalue weighted by molar-refractivity contribution is 6.33. The van der Waals surface area contributed by atoms with Crippen molar-refractivity contribution in [2.75, 3.05) is 5.32 Å². The van der Waals surface area contributed by atoms with Crippen LogP contribution in [0.4, 0.5) is 5.69 Å². The Labute approximate surface area is 86.2 Å². The Bertz CT molecular complexity index is 377. The van der Waals surface area contributed by atoms with Crippen LogP contribution < -0.4 is 5.32 Å². The van der Waals surface area contributed by atoms with Gasteiger partial charge in [-0.1, -0.05) is 22.8 Å². The summed E-state index contributed by atoms with van der Waals surface area (Å²) in [4.78, 5) is 11.0. The average molecular weight is 213 g/mol. The van der Waals surface area contributed by atoms with Crippen molar-refractivity contribution in [3.8, 4) is 0 Å². The SMILES string of the molecule is Cc1c(Cl)cccc1NC(=O)/C=N/O. The van der Waals surface area contributed by atoms with E-state index in [-0.39, 0.29) is 0 Å². The van der Waals surface area contributed by atoms with Gasteiger partial charge in [-0.25, -0.2) is 0 Å². The normalized spacial score (nSPS) is 10.4. The number of carbonyl (C=O) groups excluding carboxylic acids is 1. The fourth-order valence-electron chi connectivity index (χ4n) is 0.960. The molecule has 0 bridgehead atoms. The molecule has 0 spiro atoms. The first-order valence-electron chi connectivity index (χ1n) is 3.88. The first-order valence-corrected chi connectivity index (χ1v) is 4.26. The molecule has 0 fully saturated rings. The molecule has 14 heavy (non-hydrogen) atoms. The molecular weight excluding hydrogens is 204 g/mol. The number of benzene rings is 1. The monoisotopic (exact) mass is 212 g/mol. The number of nitrogens with one attached hydrogen (secondary N) is 1. The Hall–Kier alpha value is -1.55. The van der Waals surface area contributed by atoms with Crippen LogP contribution in [0.5, 0.6) is 0 Å². The van der Waals surface area contributed by atoms with Gasteiger partial charge in [-0.05, 0) is 24.6 Å². The van der Waals surface area contributed by atoms with E-state index >= 15 is 0 Å². The van der Waals surface area contributed by atoms with Gasteiger partial charge in [0.1, 0.15) is 6.21 Å². The Kier molecular flexibility index (Phi) is 3.48. The van der Waals surface area contributed by atoms with E-state index < -0.39 is 5.91 Å². The van der Waals surface area contributed by atoms with Crippen molar-refractivity contribution in [3.05, 3.63) is 28.8 Å². The summed E-state index contributed by atoms with van der Waals surface area (Å²) in [6.07, 6.45) is 0.778. The molecule has 1 rings (SSSR count). The van der Waals surface area contributed by atoms with Gasteiger partial charge in [-0.3, -0.25) is 4.79 Å². The lowest BCUT2D eigenvalue weighted by molar-refractivity contribution is -0.110. The smallest absolute Gasteiger partial charge is 0.270 e. The van der Waals surface area contributed by atoms with E-state index in [4.69, 9.17) is 16.8 Å². The molecule has 1 aromatic carbocycles. The Balaban J connectivity index is 2.87. The van der Waals surface area contributed by atoms with Gasteiger partial charge in [0.15, 0.2) is 0 Å². The lowest BCUT2D eigenvalue weighted by Crippen LogP contribution is -2.13. The number of amides is 1. The number of anilines is 1. The van der Waals surface area contributed by atoms with Gasteiger partial charge >= 0.3 is 0 Å². The topological polar surface area (TPSA) is 61.7 Å². The van der Waals surface area contributed by atoms with Crippen LogP contribution in [0.15, 0.2) is 23.4 Å². The minimum Gasteiger partial charge on any atom is -0.411 e. The zero-order valence-electron chi connectivity index (χ0n) is 7.49. The summed E-state index contributed by atoms with van der Waals surface area (Å²) in [5.41, 5.74) is 1.37. The number of rotatable bonds is 2. The van der Waals surface area contributed by atoms with Crippen molar-refractivity contribution >= 4 is 29.4 Å². The molecular formula is C9H9ClN2O2. The first kappa shape index (κ1) is 10.5. The predicted octanol–water partition coefficient (Wildman–Crippen LogP) is 2.05. The molecule has 0 unspecified atom stereocenters. The van der Waals surface area contributed by atoms with Crippen LogP contribution in [0, 0.1) is 6.92 Å². The van der Waals surface area contributed by atoms with Crippen LogP contribution in [0.2, 0.25) is 5.02 Å². The molecule has 2 N–H and O–H groups in total. The molecule has 0 heterocycles. The van der Waals surface area contributed by atoms with Gasteiger partial charge in [0, 0.05) is 10.7 Å². The van der Waals surface area contributed by atoms with E-state index in [1.807, 2.05) is 0 Å². The number of oxime groups is 1. The molecule has 0 aromatic heterocycles. The van der Waals surface area contributed by atoms with E-state index in [9.17, 15) is 4.79 Å². The maximum atomic E-state index is 11.0. The highest BCUT2D eigenvalue weighted by Crippen LogP contribution is 2.22. The van der Waals surface area contributed by atoms with Crippen LogP contribution in [0.25, 0.3) is 0 Å². The molecule has 0 aliphatic heterocycles. The summed E-state index contributed by atoms with van der Waals surface area (Å²) in [6.45, 7) is 1.79. The van der Waals surface area contributed by atoms with Gasteiger partial charge in [0.25, 0.3) is 5.91 Å². The number of carbonyl (C=O) groups is 1. The fourth-order valence-corrected chi connectivity index (χ4v) is 1.13. The van der Waals surface area contributed by atoms with Crippen LogP contribution in [-0.2, 0) is 4.79 Å². The first-order chi connectivity index (χ1) is 6.65. The van der Waals surface area contributed by atoms with Crippen molar-refractivity contribution in [3.63, 3.8) is 0 Å². The molecule has 5 heteroatoms. The number of hydrogen-bond donors (Lipinski definition) is 2. The standard InChI is InChI=1S/C9H9ClN2O2/c1-6-7(10)3-2-4-8(6)12-9(13)5-11-14/h2-5,14H,1H3,(H,12,13)/b11-5+. The van der Waals surface area contributed by atoms with E-state index in [0.717, 1.165) is 11.8 Å². The largest absolute Gasteiger partial charge is 0.411 e. The van der Waals surface area contributed by atoms with Crippen LogP contribution in [0.1, 0.15) is 5.56 Å². The summed E-state index contributed by atoms with van der Waals surface area (Å²) in [5.74, 6) is -0.502. The molecule has 0 atom stereocenters. The van der Waals surface area contributed by atoms with Crippen molar-refractivity contribution in [2.45, 2.75) is 6.92 Å². The third-order valence-corrected chi connectivity index (χ3v) is 2.11. The number of hydrogen-bond acceptors (Lipinski definition) is 3. The molecule has 0 aliphatic rings. The molecule has 1 aromatic rings. The molecule has 1 amide bonds. The van der Waals surface area contributed by atoms with Crippen LogP contribution >= 0.6 is 11.6 Å². The summed E-state index contributed by atoms with van der Waals surface area (Å²) in [7, 11) is 0. The maximum absolute atomic E-state index is 11.0. The van der Waals surface area contributed by atoms with E-state index in [0.29, 0.717) is 10.7 Å². The summed E-state index contributed by atoms with van der Waals surface area (Å²) >= 11 is 5.84. The predicted molar refractivity (Wildman–Crippen MR) is 55.1 cm³/mol. The van der Waals surface area contributed by atoms with Crippen molar-refractivity contribution in [1.29, 1.82) is 0 Å². The van der Waals surface area contributed by atoms with Crippen molar-refractivity contribution in [1.82, 2.24) is 0 Å². The van der Waals surface area contributed by atoms with Gasteiger partial charge in [-0.2, -0.15) is 0 Å². The highest BCUT2D eigenvalue weighted by atomic mass is 35.5. The minimum atomic E-state index is -0.502. The lowest BCUT2D eigenvalue weighted by atomic mass is 10.2. The molecule has 74 valence electrons. The van der Waals surface area contributed by atoms with Crippen LogP contribution in [0.3, 0.4) is 0 Å². The Morgan fingerprint density at radius 1 is 1.64 bits per heavy atom. The van der Waals surface area contributed by atoms with E-state index in [1.165, 1.54) is 0 Å². The summed E-state index contributed by atoms with van der Waals surface area (Å²) in [5, 5.41) is 13.8. The second-order valence-electron chi connectivity index (χ2n) is 2.65. The molecule has 0 saturated carbocycles. The van der Waals surface area contributed by atoms with Gasteiger partial charge in [-0.15, -0.1) is 0 Å². The van der Waals surface area contributed by atoms with Gasteiger partial charge in [0.2, 0.25) is 0 Å². The third kappa shape index (κ3) is 2.47. The second kappa shape index (κ2) is 4.62. The third-order valence-electron chi connectivity index (χ3n) is 1.70. The minimum absolute atomic E-state index is 0.502. The number of halogens is 1. The average Bonchev–Trinajstić information content (AvgIpc) is 2.13. The zero-order valence-corrected chi connectivity index (χ0v) is 8.25.